The van der Waals surface area contributed by atoms with Crippen molar-refractivity contribution in [3.63, 3.8) is 0 Å². The minimum atomic E-state index is -0.160. The Morgan fingerprint density at radius 1 is 1.40 bits per heavy atom. The van der Waals surface area contributed by atoms with Crippen molar-refractivity contribution in [1.82, 2.24) is 15.5 Å². The molecule has 1 aliphatic rings. The molecule has 1 amide bonds. The van der Waals surface area contributed by atoms with Gasteiger partial charge in [0.2, 0.25) is 11.0 Å². The number of rotatable bonds is 3. The lowest BCUT2D eigenvalue weighted by molar-refractivity contribution is -0.117. The SMILES string of the molecule is O=C(Nc1nnc(-c2ccccc2Cl)s1)C1CSCN1. The first kappa shape index (κ1) is 13.8. The maximum absolute atomic E-state index is 12.0. The molecule has 2 heterocycles. The van der Waals surface area contributed by atoms with Gasteiger partial charge in [0, 0.05) is 17.2 Å². The topological polar surface area (TPSA) is 66.9 Å². The third-order valence-electron chi connectivity index (χ3n) is 2.79. The van der Waals surface area contributed by atoms with Gasteiger partial charge in [-0.2, -0.15) is 0 Å². The molecule has 8 heteroatoms. The highest BCUT2D eigenvalue weighted by molar-refractivity contribution is 7.99. The molecule has 104 valence electrons. The molecule has 3 rings (SSSR count). The standard InChI is InChI=1S/C12H11ClN4OS2/c13-8-4-2-1-3-7(8)11-16-17-12(20-11)15-10(18)9-5-19-6-14-9/h1-4,9,14H,5-6H2,(H,15,17,18). The number of amides is 1. The van der Waals surface area contributed by atoms with Crippen LogP contribution in [-0.2, 0) is 4.79 Å². The van der Waals surface area contributed by atoms with Crippen molar-refractivity contribution in [2.24, 2.45) is 0 Å². The third kappa shape index (κ3) is 2.95. The summed E-state index contributed by atoms with van der Waals surface area (Å²) < 4.78 is 0. The number of hydrogen-bond donors (Lipinski definition) is 2. The number of halogens is 1. The number of carbonyl (C=O) groups is 1. The van der Waals surface area contributed by atoms with E-state index in [0.29, 0.717) is 15.2 Å². The summed E-state index contributed by atoms with van der Waals surface area (Å²) in [5, 5.41) is 15.8. The van der Waals surface area contributed by atoms with Crippen LogP contribution in [0.15, 0.2) is 24.3 Å². The van der Waals surface area contributed by atoms with Crippen LogP contribution in [0.2, 0.25) is 5.02 Å². The monoisotopic (exact) mass is 326 g/mol. The molecular formula is C12H11ClN4OS2. The van der Waals surface area contributed by atoms with Gasteiger partial charge >= 0.3 is 0 Å². The number of aromatic nitrogens is 2. The van der Waals surface area contributed by atoms with Gasteiger partial charge in [-0.1, -0.05) is 41.1 Å². The van der Waals surface area contributed by atoms with Crippen molar-refractivity contribution in [1.29, 1.82) is 0 Å². The average molecular weight is 327 g/mol. The molecule has 1 aromatic heterocycles. The molecule has 0 spiro atoms. The van der Waals surface area contributed by atoms with E-state index in [2.05, 4.69) is 20.8 Å². The Kier molecular flexibility index (Phi) is 4.21. The van der Waals surface area contributed by atoms with Gasteiger partial charge in [0.05, 0.1) is 11.1 Å². The Bertz CT molecular complexity index is 627. The number of carbonyl (C=O) groups excluding carboxylic acids is 1. The molecule has 1 saturated heterocycles. The molecule has 0 aliphatic carbocycles. The summed E-state index contributed by atoms with van der Waals surface area (Å²) in [5.74, 6) is 1.51. The highest BCUT2D eigenvalue weighted by atomic mass is 35.5. The van der Waals surface area contributed by atoms with E-state index in [1.165, 1.54) is 11.3 Å². The molecule has 0 saturated carbocycles. The molecular weight excluding hydrogens is 316 g/mol. The fraction of sp³-hybridized carbons (Fsp3) is 0.250. The highest BCUT2D eigenvalue weighted by Gasteiger charge is 2.23. The molecule has 1 fully saturated rings. The molecule has 20 heavy (non-hydrogen) atoms. The molecule has 1 aliphatic heterocycles. The number of nitrogens with one attached hydrogen (secondary N) is 2. The van der Waals surface area contributed by atoms with Crippen molar-refractivity contribution < 1.29 is 4.79 Å². The number of anilines is 1. The molecule has 0 radical (unpaired) electrons. The quantitative estimate of drug-likeness (QED) is 0.907. The molecule has 2 N–H and O–H groups in total. The first-order valence-corrected chi connectivity index (χ1v) is 8.29. The summed E-state index contributed by atoms with van der Waals surface area (Å²) in [6.45, 7) is 0. The van der Waals surface area contributed by atoms with Crippen LogP contribution in [0.3, 0.4) is 0 Å². The van der Waals surface area contributed by atoms with Gasteiger partial charge in [0.25, 0.3) is 0 Å². The van der Waals surface area contributed by atoms with Crippen molar-refractivity contribution in [2.45, 2.75) is 6.04 Å². The maximum Gasteiger partial charge on any atom is 0.244 e. The first-order chi connectivity index (χ1) is 9.74. The van der Waals surface area contributed by atoms with E-state index in [9.17, 15) is 4.79 Å². The largest absolute Gasteiger partial charge is 0.299 e. The summed E-state index contributed by atoms with van der Waals surface area (Å²) in [7, 11) is 0. The van der Waals surface area contributed by atoms with E-state index in [1.54, 1.807) is 17.8 Å². The van der Waals surface area contributed by atoms with Gasteiger partial charge in [0.15, 0.2) is 5.01 Å². The van der Waals surface area contributed by atoms with Crippen LogP contribution in [-0.4, -0.2) is 33.8 Å². The zero-order valence-corrected chi connectivity index (χ0v) is 12.7. The second-order valence-electron chi connectivity index (χ2n) is 4.15. The van der Waals surface area contributed by atoms with Crippen LogP contribution < -0.4 is 10.6 Å². The van der Waals surface area contributed by atoms with Crippen molar-refractivity contribution in [3.8, 4) is 10.6 Å². The van der Waals surface area contributed by atoms with Gasteiger partial charge in [-0.15, -0.1) is 22.0 Å². The van der Waals surface area contributed by atoms with Crippen molar-refractivity contribution >= 4 is 45.7 Å². The minimum Gasteiger partial charge on any atom is -0.299 e. The highest BCUT2D eigenvalue weighted by Crippen LogP contribution is 2.31. The third-order valence-corrected chi connectivity index (χ3v) is 4.93. The second-order valence-corrected chi connectivity index (χ2v) is 6.57. The van der Waals surface area contributed by atoms with E-state index >= 15 is 0 Å². The normalized spacial score (nSPS) is 18.1. The van der Waals surface area contributed by atoms with Crippen LogP contribution in [0.4, 0.5) is 5.13 Å². The van der Waals surface area contributed by atoms with E-state index in [0.717, 1.165) is 17.2 Å². The van der Waals surface area contributed by atoms with Crippen LogP contribution >= 0.6 is 34.7 Å². The molecule has 0 bridgehead atoms. The Morgan fingerprint density at radius 2 is 2.25 bits per heavy atom. The molecule has 2 aromatic rings. The average Bonchev–Trinajstić information content (AvgIpc) is 3.10. The van der Waals surface area contributed by atoms with Crippen molar-refractivity contribution in [2.75, 3.05) is 16.9 Å². The number of hydrogen-bond acceptors (Lipinski definition) is 6. The smallest absolute Gasteiger partial charge is 0.244 e. The lowest BCUT2D eigenvalue weighted by atomic mass is 10.2. The van der Waals surface area contributed by atoms with Crippen molar-refractivity contribution in [3.05, 3.63) is 29.3 Å². The van der Waals surface area contributed by atoms with Crippen LogP contribution in [0, 0.1) is 0 Å². The second kappa shape index (κ2) is 6.09. The Morgan fingerprint density at radius 3 is 3.00 bits per heavy atom. The summed E-state index contributed by atoms with van der Waals surface area (Å²) in [6, 6.07) is 7.27. The Hall–Kier alpha value is -1.15. The van der Waals surface area contributed by atoms with E-state index in [-0.39, 0.29) is 11.9 Å². The van der Waals surface area contributed by atoms with E-state index < -0.39 is 0 Å². The molecule has 1 unspecified atom stereocenters. The van der Waals surface area contributed by atoms with E-state index in [4.69, 9.17) is 11.6 Å². The lowest BCUT2D eigenvalue weighted by Crippen LogP contribution is -2.37. The van der Waals surface area contributed by atoms with Gasteiger partial charge in [0.1, 0.15) is 0 Å². The number of benzene rings is 1. The van der Waals surface area contributed by atoms with Gasteiger partial charge in [-0.05, 0) is 6.07 Å². The van der Waals surface area contributed by atoms with E-state index in [1.807, 2.05) is 18.2 Å². The fourth-order valence-corrected chi connectivity index (χ4v) is 3.78. The first-order valence-electron chi connectivity index (χ1n) is 5.94. The van der Waals surface area contributed by atoms with Crippen LogP contribution in [0.1, 0.15) is 0 Å². The minimum absolute atomic E-state index is 0.0724. The fourth-order valence-electron chi connectivity index (χ4n) is 1.77. The summed E-state index contributed by atoms with van der Waals surface area (Å²) in [6.07, 6.45) is 0. The van der Waals surface area contributed by atoms with Crippen LogP contribution in [0.25, 0.3) is 10.6 Å². The summed E-state index contributed by atoms with van der Waals surface area (Å²) in [4.78, 5) is 12.0. The summed E-state index contributed by atoms with van der Waals surface area (Å²) >= 11 is 9.13. The molecule has 5 nitrogen and oxygen atoms in total. The number of nitrogens with zero attached hydrogens (tertiary/aromatic N) is 2. The summed E-state index contributed by atoms with van der Waals surface area (Å²) in [5.41, 5.74) is 0.821. The zero-order chi connectivity index (χ0) is 13.9. The predicted molar refractivity (Wildman–Crippen MR) is 83.2 cm³/mol. The number of thioether (sulfide) groups is 1. The van der Waals surface area contributed by atoms with Gasteiger partial charge in [-0.25, -0.2) is 0 Å². The van der Waals surface area contributed by atoms with Gasteiger partial charge < -0.3 is 0 Å². The lowest BCUT2D eigenvalue weighted by Gasteiger charge is -2.07. The van der Waals surface area contributed by atoms with Crippen LogP contribution in [0.5, 0.6) is 0 Å². The zero-order valence-electron chi connectivity index (χ0n) is 10.3. The Balaban J connectivity index is 1.74. The molecule has 1 aromatic carbocycles. The maximum atomic E-state index is 12.0. The van der Waals surface area contributed by atoms with Gasteiger partial charge in [-0.3, -0.25) is 15.4 Å². The predicted octanol–water partition coefficient (Wildman–Crippen LogP) is 2.46. The molecule has 1 atom stereocenters. The Labute approximate surface area is 129 Å².